The van der Waals surface area contributed by atoms with Gasteiger partial charge in [-0.15, -0.1) is 0 Å². The Labute approximate surface area is 335 Å². The lowest BCUT2D eigenvalue weighted by atomic mass is 9.70. The van der Waals surface area contributed by atoms with E-state index in [1.165, 1.54) is 55.3 Å². The molecule has 4 nitrogen and oxygen atoms in total. The molecule has 0 bridgehead atoms. The van der Waals surface area contributed by atoms with Gasteiger partial charge in [0.05, 0.1) is 33.8 Å². The molecule has 268 valence electrons. The number of nitriles is 1. The second-order valence-electron chi connectivity index (χ2n) is 15.2. The van der Waals surface area contributed by atoms with E-state index in [0.717, 1.165) is 44.8 Å². The summed E-state index contributed by atoms with van der Waals surface area (Å²) in [7, 11) is 0. The Morgan fingerprint density at radius 1 is 0.414 bits per heavy atom. The molecule has 4 heteroatoms. The first-order valence-corrected chi connectivity index (χ1v) is 19.6. The molecular weight excluding hydrogens is 705 g/mol. The van der Waals surface area contributed by atoms with Gasteiger partial charge in [0, 0.05) is 28.0 Å². The molecule has 1 spiro atoms. The Kier molecular flexibility index (Phi) is 6.88. The summed E-state index contributed by atoms with van der Waals surface area (Å²) in [6.45, 7) is 0. The van der Waals surface area contributed by atoms with Gasteiger partial charge in [-0.05, 0) is 86.0 Å². The fraction of sp³-hybridized carbons (Fsp3) is 0.0185. The van der Waals surface area contributed by atoms with Crippen LogP contribution in [0.15, 0.2) is 194 Å². The number of rotatable bonds is 4. The van der Waals surface area contributed by atoms with E-state index in [-0.39, 0.29) is 0 Å². The van der Waals surface area contributed by atoms with Gasteiger partial charge in [-0.3, -0.25) is 4.57 Å². The number of fused-ring (bicyclic) bond motifs is 13. The zero-order valence-electron chi connectivity index (χ0n) is 31.3. The highest BCUT2D eigenvalue weighted by molar-refractivity contribution is 6.12. The maximum atomic E-state index is 9.31. The first-order chi connectivity index (χ1) is 28.7. The Morgan fingerprint density at radius 3 is 1.62 bits per heavy atom. The highest BCUT2D eigenvalue weighted by Crippen LogP contribution is 2.63. The van der Waals surface area contributed by atoms with Gasteiger partial charge in [0.1, 0.15) is 5.82 Å². The van der Waals surface area contributed by atoms with Crippen LogP contribution in [0.2, 0.25) is 0 Å². The quantitative estimate of drug-likeness (QED) is 0.181. The second kappa shape index (κ2) is 12.3. The van der Waals surface area contributed by atoms with E-state index in [0.29, 0.717) is 11.4 Å². The third-order valence-electron chi connectivity index (χ3n) is 12.3. The molecule has 2 aliphatic carbocycles. The molecule has 2 aliphatic rings. The number of nitrogens with zero attached hydrogens (tertiary/aromatic N) is 4. The fourth-order valence-electron chi connectivity index (χ4n) is 9.78. The van der Waals surface area contributed by atoms with Crippen molar-refractivity contribution in [1.29, 1.82) is 5.26 Å². The number of aromatic nitrogens is 3. The van der Waals surface area contributed by atoms with E-state index in [1.807, 2.05) is 30.3 Å². The monoisotopic (exact) mass is 736 g/mol. The normalized spacial score (nSPS) is 12.9. The summed E-state index contributed by atoms with van der Waals surface area (Å²) in [6.07, 6.45) is 0. The number of hydrogen-bond donors (Lipinski definition) is 0. The first kappa shape index (κ1) is 32.4. The van der Waals surface area contributed by atoms with Crippen molar-refractivity contribution in [1.82, 2.24) is 14.5 Å². The second-order valence-corrected chi connectivity index (χ2v) is 15.2. The Bertz CT molecular complexity index is 3290. The predicted octanol–water partition coefficient (Wildman–Crippen LogP) is 12.8. The minimum atomic E-state index is -0.461. The summed E-state index contributed by atoms with van der Waals surface area (Å²) in [6, 6.07) is 71.3. The van der Waals surface area contributed by atoms with Crippen LogP contribution < -0.4 is 0 Å². The van der Waals surface area contributed by atoms with Crippen molar-refractivity contribution in [3.05, 3.63) is 222 Å². The van der Waals surface area contributed by atoms with Gasteiger partial charge in [-0.1, -0.05) is 158 Å². The molecular formula is C54H32N4. The van der Waals surface area contributed by atoms with Crippen LogP contribution in [-0.2, 0) is 5.41 Å². The molecule has 0 aliphatic heterocycles. The molecule has 0 N–H and O–H groups in total. The van der Waals surface area contributed by atoms with Crippen LogP contribution in [0.5, 0.6) is 0 Å². The maximum absolute atomic E-state index is 9.31. The van der Waals surface area contributed by atoms with Crippen molar-refractivity contribution in [3.63, 3.8) is 0 Å². The molecule has 0 saturated carbocycles. The van der Waals surface area contributed by atoms with Crippen LogP contribution in [0.25, 0.3) is 83.6 Å². The van der Waals surface area contributed by atoms with Crippen molar-refractivity contribution in [2.75, 3.05) is 0 Å². The highest BCUT2D eigenvalue weighted by Gasteiger charge is 2.51. The standard InChI is InChI=1S/C54H32N4/c55-33-34-22-24-35(25-23-34)36-26-28-38(29-27-36)53-56-49(37-12-2-1-3-13-37)32-52(57-53)58-50-21-11-7-17-42(50)44-30-43-41-16-6-10-20-47(41)54(48(43)31-51(44)58)45-18-8-4-14-39(45)40-15-5-9-19-46(40)54/h1-32H. The summed E-state index contributed by atoms with van der Waals surface area (Å²) in [4.78, 5) is 10.6. The molecule has 0 fully saturated rings. The van der Waals surface area contributed by atoms with Gasteiger partial charge >= 0.3 is 0 Å². The predicted molar refractivity (Wildman–Crippen MR) is 234 cm³/mol. The Hall–Kier alpha value is -7.87. The van der Waals surface area contributed by atoms with Crippen LogP contribution in [0.3, 0.4) is 0 Å². The molecule has 2 aromatic heterocycles. The minimum Gasteiger partial charge on any atom is -0.294 e. The Balaban J connectivity index is 1.12. The van der Waals surface area contributed by atoms with Crippen LogP contribution in [0.4, 0.5) is 0 Å². The maximum Gasteiger partial charge on any atom is 0.162 e. The van der Waals surface area contributed by atoms with E-state index in [2.05, 4.69) is 174 Å². The third kappa shape index (κ3) is 4.50. The molecule has 0 saturated heterocycles. The van der Waals surface area contributed by atoms with Crippen LogP contribution in [-0.4, -0.2) is 14.5 Å². The summed E-state index contributed by atoms with van der Waals surface area (Å²) in [5.74, 6) is 1.46. The zero-order valence-corrected chi connectivity index (χ0v) is 31.3. The summed E-state index contributed by atoms with van der Waals surface area (Å²) < 4.78 is 2.34. The molecule has 2 heterocycles. The SMILES string of the molecule is N#Cc1ccc(-c2ccc(-c3nc(-c4ccccc4)cc(-n4c5ccccc5c5cc6c(cc54)C4(c5ccccc5-c5ccccc54)c4ccccc4-6)n3)cc2)cc1. The molecule has 8 aromatic carbocycles. The van der Waals surface area contributed by atoms with Crippen molar-refractivity contribution < 1.29 is 0 Å². The average molecular weight is 737 g/mol. The molecule has 10 aromatic rings. The lowest BCUT2D eigenvalue weighted by Gasteiger charge is -2.30. The third-order valence-corrected chi connectivity index (χ3v) is 12.3. The smallest absolute Gasteiger partial charge is 0.162 e. The molecule has 12 rings (SSSR count). The molecule has 0 amide bonds. The van der Waals surface area contributed by atoms with E-state index in [9.17, 15) is 5.26 Å². The first-order valence-electron chi connectivity index (χ1n) is 19.6. The van der Waals surface area contributed by atoms with Crippen LogP contribution >= 0.6 is 0 Å². The van der Waals surface area contributed by atoms with E-state index in [1.54, 1.807) is 0 Å². The van der Waals surface area contributed by atoms with Crippen molar-refractivity contribution in [2.45, 2.75) is 5.41 Å². The van der Waals surface area contributed by atoms with Crippen molar-refractivity contribution in [3.8, 4) is 67.9 Å². The average Bonchev–Trinajstić information content (AvgIpc) is 3.90. The summed E-state index contributed by atoms with van der Waals surface area (Å²) in [5.41, 5.74) is 17.7. The van der Waals surface area contributed by atoms with Gasteiger partial charge in [0.2, 0.25) is 0 Å². The molecule has 0 radical (unpaired) electrons. The van der Waals surface area contributed by atoms with Gasteiger partial charge in [0.15, 0.2) is 5.82 Å². The highest BCUT2D eigenvalue weighted by atomic mass is 15.1. The topological polar surface area (TPSA) is 54.5 Å². The van der Waals surface area contributed by atoms with E-state index < -0.39 is 5.41 Å². The molecule has 0 atom stereocenters. The lowest BCUT2D eigenvalue weighted by Crippen LogP contribution is -2.25. The number of para-hydroxylation sites is 1. The van der Waals surface area contributed by atoms with E-state index >= 15 is 0 Å². The largest absolute Gasteiger partial charge is 0.294 e. The van der Waals surface area contributed by atoms with Crippen molar-refractivity contribution >= 4 is 21.8 Å². The lowest BCUT2D eigenvalue weighted by molar-refractivity contribution is 0.794. The van der Waals surface area contributed by atoms with Crippen molar-refractivity contribution in [2.24, 2.45) is 0 Å². The van der Waals surface area contributed by atoms with Gasteiger partial charge < -0.3 is 0 Å². The summed E-state index contributed by atoms with van der Waals surface area (Å²) in [5, 5.41) is 11.7. The van der Waals surface area contributed by atoms with Gasteiger partial charge in [-0.25, -0.2) is 9.97 Å². The van der Waals surface area contributed by atoms with E-state index in [4.69, 9.17) is 9.97 Å². The summed E-state index contributed by atoms with van der Waals surface area (Å²) >= 11 is 0. The fourth-order valence-corrected chi connectivity index (χ4v) is 9.78. The van der Waals surface area contributed by atoms with Crippen LogP contribution in [0, 0.1) is 11.3 Å². The molecule has 58 heavy (non-hydrogen) atoms. The molecule has 0 unspecified atom stereocenters. The van der Waals surface area contributed by atoms with Gasteiger partial charge in [-0.2, -0.15) is 5.26 Å². The van der Waals surface area contributed by atoms with Gasteiger partial charge in [0.25, 0.3) is 0 Å². The van der Waals surface area contributed by atoms with Crippen LogP contribution in [0.1, 0.15) is 27.8 Å². The Morgan fingerprint density at radius 2 is 0.966 bits per heavy atom. The minimum absolute atomic E-state index is 0.461. The number of hydrogen-bond acceptors (Lipinski definition) is 3. The number of benzene rings is 8. The zero-order chi connectivity index (χ0) is 38.4.